The van der Waals surface area contributed by atoms with E-state index in [0.29, 0.717) is 0 Å². The molecule has 0 aliphatic heterocycles. The number of nitrogens with one attached hydrogen (secondary N) is 1. The molecule has 0 atom stereocenters. The van der Waals surface area contributed by atoms with Crippen LogP contribution in [0.15, 0.2) is 18.2 Å². The van der Waals surface area contributed by atoms with E-state index >= 15 is 0 Å². The van der Waals surface area contributed by atoms with Gasteiger partial charge in [0.25, 0.3) is 0 Å². The second-order valence-corrected chi connectivity index (χ2v) is 4.15. The summed E-state index contributed by atoms with van der Waals surface area (Å²) in [5, 5.41) is 11.9. The van der Waals surface area contributed by atoms with Crippen LogP contribution in [-0.4, -0.2) is 6.54 Å². The summed E-state index contributed by atoms with van der Waals surface area (Å²) >= 11 is 0. The largest absolute Gasteiger partial charge is 0.385 e. The zero-order valence-corrected chi connectivity index (χ0v) is 10.3. The smallest absolute Gasteiger partial charge is 0.141 e. The molecular weight excluding hydrogens is 215 g/mol. The normalized spacial score (nSPS) is 9.94. The van der Waals surface area contributed by atoms with Gasteiger partial charge in [-0.1, -0.05) is 32.6 Å². The predicted octanol–water partition coefficient (Wildman–Crippen LogP) is 4.08. The minimum atomic E-state index is -0.457. The third-order valence-electron chi connectivity index (χ3n) is 2.70. The van der Waals surface area contributed by atoms with Crippen molar-refractivity contribution in [2.24, 2.45) is 0 Å². The van der Waals surface area contributed by atoms with E-state index in [1.165, 1.54) is 31.7 Å². The van der Waals surface area contributed by atoms with Crippen molar-refractivity contribution in [3.8, 4) is 6.07 Å². The number of rotatable bonds is 7. The maximum absolute atomic E-state index is 13.0. The first-order valence-corrected chi connectivity index (χ1v) is 6.21. The van der Waals surface area contributed by atoms with Crippen molar-refractivity contribution in [1.29, 1.82) is 5.26 Å². The molecule has 1 rings (SSSR count). The number of benzene rings is 1. The maximum Gasteiger partial charge on any atom is 0.141 e. The van der Waals surface area contributed by atoms with Gasteiger partial charge in [0.15, 0.2) is 0 Å². The summed E-state index contributed by atoms with van der Waals surface area (Å²) in [6.07, 6.45) is 6.13. The highest BCUT2D eigenvalue weighted by Crippen LogP contribution is 2.14. The minimum Gasteiger partial charge on any atom is -0.385 e. The van der Waals surface area contributed by atoms with Gasteiger partial charge in [-0.3, -0.25) is 0 Å². The van der Waals surface area contributed by atoms with E-state index in [1.54, 1.807) is 12.1 Å². The van der Waals surface area contributed by atoms with Gasteiger partial charge in [-0.2, -0.15) is 5.26 Å². The van der Waals surface area contributed by atoms with Gasteiger partial charge in [-0.25, -0.2) is 4.39 Å². The first-order chi connectivity index (χ1) is 8.27. The van der Waals surface area contributed by atoms with Crippen LogP contribution in [0.2, 0.25) is 0 Å². The van der Waals surface area contributed by atoms with Crippen molar-refractivity contribution >= 4 is 5.69 Å². The number of halogens is 1. The standard InChI is InChI=1S/C14H19FN2/c1-2-3-4-5-6-9-17-13-7-8-14(15)12(10-13)11-16/h7-8,10,17H,2-6,9H2,1H3. The SMILES string of the molecule is CCCCCCCNc1ccc(F)c(C#N)c1. The van der Waals surface area contributed by atoms with Crippen LogP contribution in [0.1, 0.15) is 44.6 Å². The summed E-state index contributed by atoms with van der Waals surface area (Å²) in [6.45, 7) is 3.07. The Morgan fingerprint density at radius 3 is 2.71 bits per heavy atom. The van der Waals surface area contributed by atoms with Crippen molar-refractivity contribution in [3.05, 3.63) is 29.6 Å². The summed E-state index contributed by atoms with van der Waals surface area (Å²) in [4.78, 5) is 0. The Morgan fingerprint density at radius 1 is 1.24 bits per heavy atom. The number of nitrogens with zero attached hydrogens (tertiary/aromatic N) is 1. The molecule has 0 aliphatic rings. The molecule has 0 amide bonds. The summed E-state index contributed by atoms with van der Waals surface area (Å²) < 4.78 is 13.0. The molecule has 1 aromatic rings. The van der Waals surface area contributed by atoms with Gasteiger partial charge in [-0.15, -0.1) is 0 Å². The summed E-state index contributed by atoms with van der Waals surface area (Å²) in [7, 11) is 0. The van der Waals surface area contributed by atoms with Crippen molar-refractivity contribution in [2.75, 3.05) is 11.9 Å². The van der Waals surface area contributed by atoms with Crippen LogP contribution in [0, 0.1) is 17.1 Å². The fourth-order valence-electron chi connectivity index (χ4n) is 1.68. The fourth-order valence-corrected chi connectivity index (χ4v) is 1.68. The van der Waals surface area contributed by atoms with Gasteiger partial charge in [0.05, 0.1) is 5.56 Å². The van der Waals surface area contributed by atoms with Crippen molar-refractivity contribution in [3.63, 3.8) is 0 Å². The zero-order chi connectivity index (χ0) is 12.5. The molecule has 1 N–H and O–H groups in total. The zero-order valence-electron chi connectivity index (χ0n) is 10.3. The Kier molecular flexibility index (Phi) is 6.09. The van der Waals surface area contributed by atoms with Crippen LogP contribution in [0.4, 0.5) is 10.1 Å². The van der Waals surface area contributed by atoms with E-state index in [9.17, 15) is 4.39 Å². The van der Waals surface area contributed by atoms with Crippen LogP contribution >= 0.6 is 0 Å². The molecule has 0 aromatic heterocycles. The molecule has 0 heterocycles. The van der Waals surface area contributed by atoms with E-state index in [1.807, 2.05) is 6.07 Å². The molecule has 0 spiro atoms. The average molecular weight is 234 g/mol. The highest BCUT2D eigenvalue weighted by Gasteiger charge is 2.01. The van der Waals surface area contributed by atoms with E-state index in [2.05, 4.69) is 12.2 Å². The molecule has 0 bridgehead atoms. The van der Waals surface area contributed by atoms with E-state index in [0.717, 1.165) is 18.7 Å². The quantitative estimate of drug-likeness (QED) is 0.721. The van der Waals surface area contributed by atoms with E-state index < -0.39 is 5.82 Å². The molecule has 0 radical (unpaired) electrons. The van der Waals surface area contributed by atoms with Gasteiger partial charge in [0.2, 0.25) is 0 Å². The lowest BCUT2D eigenvalue weighted by molar-refractivity contribution is 0.624. The van der Waals surface area contributed by atoms with E-state index in [4.69, 9.17) is 5.26 Å². The maximum atomic E-state index is 13.0. The molecule has 3 heteroatoms. The fraction of sp³-hybridized carbons (Fsp3) is 0.500. The van der Waals surface area contributed by atoms with Crippen molar-refractivity contribution < 1.29 is 4.39 Å². The van der Waals surface area contributed by atoms with Crippen molar-refractivity contribution in [2.45, 2.75) is 39.0 Å². The molecule has 2 nitrogen and oxygen atoms in total. The first-order valence-electron chi connectivity index (χ1n) is 6.21. The lowest BCUT2D eigenvalue weighted by atomic mass is 10.1. The van der Waals surface area contributed by atoms with Gasteiger partial charge < -0.3 is 5.32 Å². The third-order valence-corrected chi connectivity index (χ3v) is 2.70. The third kappa shape index (κ3) is 4.86. The Labute approximate surface area is 102 Å². The van der Waals surface area contributed by atoms with Crippen LogP contribution in [0.5, 0.6) is 0 Å². The molecule has 17 heavy (non-hydrogen) atoms. The van der Waals surface area contributed by atoms with Crippen LogP contribution in [0.25, 0.3) is 0 Å². The molecule has 0 unspecified atom stereocenters. The first kappa shape index (κ1) is 13.5. The highest BCUT2D eigenvalue weighted by molar-refractivity contribution is 5.49. The van der Waals surface area contributed by atoms with Crippen molar-refractivity contribution in [1.82, 2.24) is 0 Å². The number of anilines is 1. The monoisotopic (exact) mass is 234 g/mol. The topological polar surface area (TPSA) is 35.8 Å². The van der Waals surface area contributed by atoms with Gasteiger partial charge >= 0.3 is 0 Å². The number of hydrogen-bond donors (Lipinski definition) is 1. The second kappa shape index (κ2) is 7.67. The van der Waals surface area contributed by atoms with Crippen LogP contribution in [0.3, 0.4) is 0 Å². The summed E-state index contributed by atoms with van der Waals surface area (Å²) in [5.74, 6) is -0.457. The predicted molar refractivity (Wildman–Crippen MR) is 68.4 cm³/mol. The molecule has 0 saturated carbocycles. The number of hydrogen-bond acceptors (Lipinski definition) is 2. The van der Waals surface area contributed by atoms with Gasteiger partial charge in [0.1, 0.15) is 11.9 Å². The number of nitriles is 1. The Morgan fingerprint density at radius 2 is 2.00 bits per heavy atom. The highest BCUT2D eigenvalue weighted by atomic mass is 19.1. The summed E-state index contributed by atoms with van der Waals surface area (Å²) in [6, 6.07) is 6.40. The summed E-state index contributed by atoms with van der Waals surface area (Å²) in [5.41, 5.74) is 0.916. The average Bonchev–Trinajstić information content (AvgIpc) is 2.35. The molecule has 92 valence electrons. The lowest BCUT2D eigenvalue weighted by Crippen LogP contribution is -2.02. The van der Waals surface area contributed by atoms with Crippen LogP contribution in [-0.2, 0) is 0 Å². The van der Waals surface area contributed by atoms with Gasteiger partial charge in [-0.05, 0) is 24.6 Å². The molecular formula is C14H19FN2. The molecule has 0 saturated heterocycles. The van der Waals surface area contributed by atoms with Crippen LogP contribution < -0.4 is 5.32 Å². The lowest BCUT2D eigenvalue weighted by Gasteiger charge is -2.06. The molecule has 0 aliphatic carbocycles. The minimum absolute atomic E-state index is 0.0981. The van der Waals surface area contributed by atoms with E-state index in [-0.39, 0.29) is 5.56 Å². The molecule has 1 aromatic carbocycles. The Hall–Kier alpha value is -1.56. The number of unbranched alkanes of at least 4 members (excludes halogenated alkanes) is 4. The molecule has 0 fully saturated rings. The second-order valence-electron chi connectivity index (χ2n) is 4.15. The van der Waals surface area contributed by atoms with Gasteiger partial charge in [0, 0.05) is 12.2 Å². The Balaban J connectivity index is 2.30. The Bertz CT molecular complexity index is 382.